The van der Waals surface area contributed by atoms with Crippen molar-refractivity contribution in [2.45, 2.75) is 32.3 Å². The monoisotopic (exact) mass is 194 g/mol. The predicted octanol–water partition coefficient (Wildman–Crippen LogP) is 1.27. The molecule has 1 aliphatic carbocycles. The lowest BCUT2D eigenvalue weighted by Gasteiger charge is -2.23. The molecule has 0 spiro atoms. The van der Waals surface area contributed by atoms with Crippen LogP contribution < -0.4 is 0 Å². The molecule has 3 nitrogen and oxygen atoms in total. The number of Topliss-reactive ketones (excluding diaryl/α,β-unsaturated/α-hetero) is 1. The lowest BCUT2D eigenvalue weighted by molar-refractivity contribution is -0.129. The van der Waals surface area contributed by atoms with Crippen LogP contribution in [0, 0.1) is 5.92 Å². The van der Waals surface area contributed by atoms with Gasteiger partial charge in [0, 0.05) is 13.0 Å². The molecule has 2 atom stereocenters. The summed E-state index contributed by atoms with van der Waals surface area (Å²) in [6.07, 6.45) is 3.69. The largest absolute Gasteiger partial charge is 0.377 e. The Bertz CT molecular complexity index is 298. The molecular weight excluding hydrogens is 180 g/mol. The standard InChI is InChI=1S/C11H14O3/c1-7-5-8(12)6-9(11(7)13)10-3-2-4-14-10/h5,9-10H,2-4,6H2,1H3. The van der Waals surface area contributed by atoms with E-state index in [1.54, 1.807) is 6.92 Å². The zero-order valence-electron chi connectivity index (χ0n) is 8.29. The second kappa shape index (κ2) is 3.65. The highest BCUT2D eigenvalue weighted by atomic mass is 16.5. The van der Waals surface area contributed by atoms with E-state index in [0.29, 0.717) is 12.0 Å². The number of ether oxygens (including phenoxy) is 1. The van der Waals surface area contributed by atoms with Crippen LogP contribution in [-0.2, 0) is 14.3 Å². The highest BCUT2D eigenvalue weighted by Crippen LogP contribution is 2.28. The second-order valence-electron chi connectivity index (χ2n) is 4.02. The maximum Gasteiger partial charge on any atom is 0.164 e. The third-order valence-corrected chi connectivity index (χ3v) is 2.94. The van der Waals surface area contributed by atoms with Crippen LogP contribution in [0.2, 0.25) is 0 Å². The van der Waals surface area contributed by atoms with Gasteiger partial charge in [-0.15, -0.1) is 0 Å². The van der Waals surface area contributed by atoms with Crippen LogP contribution in [0.25, 0.3) is 0 Å². The summed E-state index contributed by atoms with van der Waals surface area (Å²) in [5.41, 5.74) is 0.585. The molecule has 3 heteroatoms. The van der Waals surface area contributed by atoms with Crippen LogP contribution in [-0.4, -0.2) is 24.3 Å². The molecular formula is C11H14O3. The molecule has 0 saturated carbocycles. The zero-order valence-corrected chi connectivity index (χ0v) is 8.29. The van der Waals surface area contributed by atoms with Crippen LogP contribution >= 0.6 is 0 Å². The highest BCUT2D eigenvalue weighted by Gasteiger charge is 2.35. The molecule has 2 unspecified atom stereocenters. The summed E-state index contributed by atoms with van der Waals surface area (Å²) in [7, 11) is 0. The Balaban J connectivity index is 2.16. The number of hydrogen-bond acceptors (Lipinski definition) is 3. The Morgan fingerprint density at radius 3 is 2.86 bits per heavy atom. The van der Waals surface area contributed by atoms with Crippen LogP contribution in [0.15, 0.2) is 11.6 Å². The van der Waals surface area contributed by atoms with Crippen molar-refractivity contribution in [3.8, 4) is 0 Å². The Morgan fingerprint density at radius 1 is 1.43 bits per heavy atom. The minimum Gasteiger partial charge on any atom is -0.377 e. The minimum atomic E-state index is -0.213. The summed E-state index contributed by atoms with van der Waals surface area (Å²) in [6, 6.07) is 0. The molecule has 1 saturated heterocycles. The average Bonchev–Trinajstić information content (AvgIpc) is 2.63. The lowest BCUT2D eigenvalue weighted by atomic mass is 9.83. The number of hydrogen-bond donors (Lipinski definition) is 0. The quantitative estimate of drug-likeness (QED) is 0.631. The third-order valence-electron chi connectivity index (χ3n) is 2.94. The molecule has 0 N–H and O–H groups in total. The minimum absolute atomic E-state index is 0.0184. The van der Waals surface area contributed by atoms with Crippen molar-refractivity contribution in [2.75, 3.05) is 6.61 Å². The molecule has 1 aliphatic heterocycles. The van der Waals surface area contributed by atoms with Crippen molar-refractivity contribution in [3.05, 3.63) is 11.6 Å². The average molecular weight is 194 g/mol. The first-order valence-electron chi connectivity index (χ1n) is 5.05. The molecule has 0 amide bonds. The Kier molecular flexibility index (Phi) is 2.50. The summed E-state index contributed by atoms with van der Waals surface area (Å²) in [6.45, 7) is 2.44. The van der Waals surface area contributed by atoms with Crippen molar-refractivity contribution < 1.29 is 14.3 Å². The molecule has 0 radical (unpaired) electrons. The Labute approximate surface area is 83.1 Å². The van der Waals surface area contributed by atoms with E-state index in [2.05, 4.69) is 0 Å². The van der Waals surface area contributed by atoms with Gasteiger partial charge in [0.25, 0.3) is 0 Å². The summed E-state index contributed by atoms with van der Waals surface area (Å²) in [5, 5.41) is 0. The van der Waals surface area contributed by atoms with Crippen LogP contribution in [0.5, 0.6) is 0 Å². The topological polar surface area (TPSA) is 43.4 Å². The number of ketones is 2. The molecule has 76 valence electrons. The fourth-order valence-corrected chi connectivity index (χ4v) is 2.19. The van der Waals surface area contributed by atoms with E-state index in [4.69, 9.17) is 4.74 Å². The molecule has 0 bridgehead atoms. The molecule has 0 aromatic carbocycles. The van der Waals surface area contributed by atoms with Gasteiger partial charge in [-0.2, -0.15) is 0 Å². The first-order chi connectivity index (χ1) is 6.68. The smallest absolute Gasteiger partial charge is 0.164 e. The van der Waals surface area contributed by atoms with Crippen LogP contribution in [0.3, 0.4) is 0 Å². The van der Waals surface area contributed by atoms with Gasteiger partial charge in [-0.25, -0.2) is 0 Å². The van der Waals surface area contributed by atoms with Crippen LogP contribution in [0.1, 0.15) is 26.2 Å². The summed E-state index contributed by atoms with van der Waals surface area (Å²) in [5.74, 6) is -0.0610. The number of rotatable bonds is 1. The highest BCUT2D eigenvalue weighted by molar-refractivity contribution is 6.09. The Morgan fingerprint density at radius 2 is 2.21 bits per heavy atom. The van der Waals surface area contributed by atoms with Gasteiger partial charge >= 0.3 is 0 Å². The SMILES string of the molecule is CC1=CC(=O)CC(C2CCCO2)C1=O. The van der Waals surface area contributed by atoms with E-state index >= 15 is 0 Å². The van der Waals surface area contributed by atoms with Crippen molar-refractivity contribution in [1.82, 2.24) is 0 Å². The van der Waals surface area contributed by atoms with E-state index in [0.717, 1.165) is 19.4 Å². The zero-order chi connectivity index (χ0) is 10.1. The first kappa shape index (κ1) is 9.59. The van der Waals surface area contributed by atoms with Gasteiger partial charge in [-0.1, -0.05) is 0 Å². The Hall–Kier alpha value is -0.960. The van der Waals surface area contributed by atoms with Gasteiger partial charge in [0.15, 0.2) is 11.6 Å². The number of allylic oxidation sites excluding steroid dienone is 2. The van der Waals surface area contributed by atoms with E-state index in [1.165, 1.54) is 6.08 Å². The lowest BCUT2D eigenvalue weighted by Crippen LogP contribution is -2.33. The first-order valence-corrected chi connectivity index (χ1v) is 5.05. The van der Waals surface area contributed by atoms with Gasteiger partial charge in [-0.05, 0) is 31.4 Å². The van der Waals surface area contributed by atoms with Gasteiger partial charge in [0.2, 0.25) is 0 Å². The molecule has 14 heavy (non-hydrogen) atoms. The van der Waals surface area contributed by atoms with E-state index < -0.39 is 0 Å². The van der Waals surface area contributed by atoms with Crippen molar-refractivity contribution in [1.29, 1.82) is 0 Å². The molecule has 2 aliphatic rings. The fourth-order valence-electron chi connectivity index (χ4n) is 2.19. The van der Waals surface area contributed by atoms with Crippen LogP contribution in [0.4, 0.5) is 0 Å². The van der Waals surface area contributed by atoms with Gasteiger partial charge in [0.1, 0.15) is 0 Å². The van der Waals surface area contributed by atoms with E-state index in [1.807, 2.05) is 0 Å². The molecule has 1 fully saturated rings. The fraction of sp³-hybridized carbons (Fsp3) is 0.636. The molecule has 1 heterocycles. The second-order valence-corrected chi connectivity index (χ2v) is 4.02. The summed E-state index contributed by atoms with van der Waals surface area (Å²) in [4.78, 5) is 23.1. The maximum atomic E-state index is 11.8. The number of carbonyl (C=O) groups excluding carboxylic acids is 2. The van der Waals surface area contributed by atoms with E-state index in [9.17, 15) is 9.59 Å². The molecule has 0 aromatic heterocycles. The van der Waals surface area contributed by atoms with E-state index in [-0.39, 0.29) is 23.6 Å². The molecule has 2 rings (SSSR count). The van der Waals surface area contributed by atoms with Crippen molar-refractivity contribution in [3.63, 3.8) is 0 Å². The summed E-state index contributed by atoms with van der Waals surface area (Å²) >= 11 is 0. The third kappa shape index (κ3) is 1.64. The number of carbonyl (C=O) groups is 2. The van der Waals surface area contributed by atoms with Crippen molar-refractivity contribution >= 4 is 11.6 Å². The van der Waals surface area contributed by atoms with Gasteiger partial charge in [-0.3, -0.25) is 9.59 Å². The van der Waals surface area contributed by atoms with Gasteiger partial charge in [0.05, 0.1) is 12.0 Å². The summed E-state index contributed by atoms with van der Waals surface area (Å²) < 4.78 is 5.46. The normalized spacial score (nSPS) is 33.4. The van der Waals surface area contributed by atoms with Gasteiger partial charge < -0.3 is 4.74 Å². The van der Waals surface area contributed by atoms with Crippen molar-refractivity contribution in [2.24, 2.45) is 5.92 Å². The predicted molar refractivity (Wildman–Crippen MR) is 50.9 cm³/mol. The molecule has 0 aromatic rings. The maximum absolute atomic E-state index is 11.8.